The number of benzene rings is 2. The third kappa shape index (κ3) is 15.7. The van der Waals surface area contributed by atoms with Crippen molar-refractivity contribution in [2.24, 2.45) is 25.0 Å². The van der Waals surface area contributed by atoms with E-state index in [4.69, 9.17) is 35.8 Å². The molecule has 7 N–H and O–H groups in total. The molecule has 0 aliphatic heterocycles. The highest BCUT2D eigenvalue weighted by Crippen LogP contribution is 2.27. The molecular weight excluding hydrogens is 789 g/mol. The summed E-state index contributed by atoms with van der Waals surface area (Å²) in [6, 6.07) is 14.2. The van der Waals surface area contributed by atoms with E-state index in [1.165, 1.54) is 6.92 Å². The fraction of sp³-hybridized carbons (Fsp3) is 0.500. The zero-order chi connectivity index (χ0) is 47.0. The molecule has 2 aromatic carbocycles. The lowest BCUT2D eigenvalue weighted by atomic mass is 9.96. The molecule has 0 bridgehead atoms. The Kier molecular flexibility index (Phi) is 16.3. The number of alkyl carbamates (subject to hydrolysis) is 2. The quantitative estimate of drug-likeness (QED) is 0.0401. The van der Waals surface area contributed by atoms with Crippen molar-refractivity contribution < 1.29 is 29.1 Å². The van der Waals surface area contributed by atoms with Gasteiger partial charge in [-0.2, -0.15) is 0 Å². The predicted octanol–water partition coefficient (Wildman–Crippen LogP) is 7.50. The predicted molar refractivity (Wildman–Crippen MR) is 243 cm³/mol. The van der Waals surface area contributed by atoms with Crippen molar-refractivity contribution >= 4 is 29.8 Å². The maximum atomic E-state index is 12.3. The number of carbonyl (C=O) groups is 3. The Hall–Kier alpha value is -6.19. The third-order valence-electron chi connectivity index (χ3n) is 8.99. The van der Waals surface area contributed by atoms with Crippen LogP contribution in [-0.4, -0.2) is 77.4 Å². The molecule has 62 heavy (non-hydrogen) atoms. The maximum Gasteiger partial charge on any atom is 0.408 e. The summed E-state index contributed by atoms with van der Waals surface area (Å²) in [7, 11) is 3.99. The number of imidazole rings is 2. The van der Waals surface area contributed by atoms with E-state index in [2.05, 4.69) is 62.6 Å². The van der Waals surface area contributed by atoms with Crippen molar-refractivity contribution in [2.75, 3.05) is 0 Å². The van der Waals surface area contributed by atoms with Gasteiger partial charge in [0.05, 0.1) is 23.5 Å². The molecule has 16 heteroatoms. The van der Waals surface area contributed by atoms with Crippen LogP contribution in [0, 0.1) is 5.41 Å². The van der Waals surface area contributed by atoms with Crippen LogP contribution in [-0.2, 0) is 52.0 Å². The topological polar surface area (TPSA) is 224 Å². The summed E-state index contributed by atoms with van der Waals surface area (Å²) in [5.41, 5.74) is 9.93. The number of hydrogen-bond donors (Lipinski definition) is 6. The van der Waals surface area contributed by atoms with Crippen LogP contribution in [0.4, 0.5) is 9.59 Å². The van der Waals surface area contributed by atoms with E-state index in [9.17, 15) is 14.4 Å². The Labute approximate surface area is 366 Å². The molecule has 0 unspecified atom stereocenters. The van der Waals surface area contributed by atoms with E-state index < -0.39 is 35.5 Å². The number of aromatic nitrogens is 4. The van der Waals surface area contributed by atoms with E-state index in [1.807, 2.05) is 84.2 Å². The summed E-state index contributed by atoms with van der Waals surface area (Å²) in [5.74, 6) is 1.46. The fourth-order valence-electron chi connectivity index (χ4n) is 6.40. The van der Waals surface area contributed by atoms with Gasteiger partial charge in [-0.3, -0.25) is 10.2 Å². The first-order valence-corrected chi connectivity index (χ1v) is 20.5. The molecule has 3 amide bonds. The van der Waals surface area contributed by atoms with Crippen LogP contribution in [0.15, 0.2) is 66.1 Å². The summed E-state index contributed by atoms with van der Waals surface area (Å²) < 4.78 is 14.7. The van der Waals surface area contributed by atoms with Gasteiger partial charge in [0.25, 0.3) is 0 Å². The molecule has 0 fully saturated rings. The molecule has 2 atom stereocenters. The highest BCUT2D eigenvalue weighted by atomic mass is 16.6. The van der Waals surface area contributed by atoms with Gasteiger partial charge < -0.3 is 45.5 Å². The molecule has 0 radical (unpaired) electrons. The molecule has 0 spiro atoms. The summed E-state index contributed by atoms with van der Waals surface area (Å²) >= 11 is 0. The van der Waals surface area contributed by atoms with Gasteiger partial charge in [-0.25, -0.2) is 19.6 Å². The second-order valence-electron chi connectivity index (χ2n) is 19.4. The number of ether oxygens (including phenoxy) is 2. The first kappa shape index (κ1) is 50.2. The SMILES string of the molecule is CC(=O)NC(=N)[C@H](Cc1ccc(-c2cn(C)c(C(C)(C)C)n2)cc1)NC(=O)OC(C)(C)C.Cn1cc(-c2ccc(C[C@H](NC(=O)OC(C)(C)C)C(N)=NO)cc2)nc1C(C)(C)C. The molecule has 4 aromatic rings. The van der Waals surface area contributed by atoms with E-state index >= 15 is 0 Å². The number of nitrogens with two attached hydrogens (primary N) is 1. The number of hydrogen-bond acceptors (Lipinski definition) is 10. The number of carbonyl (C=O) groups excluding carboxylic acids is 3. The highest BCUT2D eigenvalue weighted by molar-refractivity contribution is 5.99. The van der Waals surface area contributed by atoms with Crippen LogP contribution in [0.5, 0.6) is 0 Å². The summed E-state index contributed by atoms with van der Waals surface area (Å²) in [6.45, 7) is 24.7. The summed E-state index contributed by atoms with van der Waals surface area (Å²) in [5, 5.41) is 28.1. The number of amidine groups is 2. The van der Waals surface area contributed by atoms with Crippen LogP contribution in [0.25, 0.3) is 22.5 Å². The van der Waals surface area contributed by atoms with Gasteiger partial charge in [0.2, 0.25) is 5.91 Å². The average Bonchev–Trinajstić information content (AvgIpc) is 3.73. The lowest BCUT2D eigenvalue weighted by Gasteiger charge is -2.24. The molecule has 2 aromatic heterocycles. The van der Waals surface area contributed by atoms with Crippen molar-refractivity contribution in [3.63, 3.8) is 0 Å². The van der Waals surface area contributed by atoms with Crippen molar-refractivity contribution in [1.82, 2.24) is 35.1 Å². The largest absolute Gasteiger partial charge is 0.444 e. The maximum absolute atomic E-state index is 12.3. The average molecular weight is 857 g/mol. The molecule has 4 rings (SSSR count). The van der Waals surface area contributed by atoms with E-state index in [0.717, 1.165) is 45.3 Å². The van der Waals surface area contributed by atoms with Crippen molar-refractivity contribution in [3.05, 3.63) is 83.7 Å². The number of oxime groups is 1. The Morgan fingerprint density at radius 3 is 1.35 bits per heavy atom. The Bertz CT molecular complexity index is 2190. The lowest BCUT2D eigenvalue weighted by molar-refractivity contribution is -0.117. The van der Waals surface area contributed by atoms with Crippen LogP contribution in [0.3, 0.4) is 0 Å². The molecule has 16 nitrogen and oxygen atoms in total. The minimum atomic E-state index is -0.734. The van der Waals surface area contributed by atoms with Gasteiger partial charge in [-0.15, -0.1) is 0 Å². The van der Waals surface area contributed by atoms with Gasteiger partial charge in [-0.05, 0) is 59.1 Å². The van der Waals surface area contributed by atoms with Crippen molar-refractivity contribution in [1.29, 1.82) is 5.41 Å². The van der Waals surface area contributed by atoms with Gasteiger partial charge >= 0.3 is 12.2 Å². The van der Waals surface area contributed by atoms with E-state index in [0.29, 0.717) is 12.8 Å². The minimum Gasteiger partial charge on any atom is -0.444 e. The number of nitrogens with one attached hydrogen (secondary N) is 4. The molecule has 2 heterocycles. The molecular formula is C46H68N10O6. The van der Waals surface area contributed by atoms with Crippen LogP contribution < -0.4 is 21.7 Å². The monoisotopic (exact) mass is 857 g/mol. The molecule has 338 valence electrons. The Morgan fingerprint density at radius 1 is 0.694 bits per heavy atom. The standard InChI is InChI=1S/C24H35N5O3.C22H33N5O3/c1-15(30)26-20(25)18(28-22(31)32-24(5,6)7)13-16-9-11-17(12-10-16)19-14-29(8)21(27-19)23(2,3)4;1-21(2,3)19-24-17(13-27(19)7)15-10-8-14(9-11-15)12-16(18(23)26-29)25-20(28)30-22(4,5)6/h9-12,14,18H,13H2,1-8H3,(H,28,31)(H2,25,26,30);8-11,13,16,29H,12H2,1-7H3,(H2,23,26)(H,25,28)/t18-;16-/m00/s1. The fourth-order valence-corrected chi connectivity index (χ4v) is 6.40. The number of amides is 3. The summed E-state index contributed by atoms with van der Waals surface area (Å²) in [6.07, 6.45) is 3.43. The number of nitrogens with zero attached hydrogens (tertiary/aromatic N) is 5. The van der Waals surface area contributed by atoms with Crippen molar-refractivity contribution in [2.45, 2.75) is 137 Å². The minimum absolute atomic E-state index is 0.0470. The molecule has 0 saturated carbocycles. The first-order chi connectivity index (χ1) is 28.4. The van der Waals surface area contributed by atoms with Crippen molar-refractivity contribution in [3.8, 4) is 22.5 Å². The highest BCUT2D eigenvalue weighted by Gasteiger charge is 2.26. The summed E-state index contributed by atoms with van der Waals surface area (Å²) in [4.78, 5) is 45.3. The Morgan fingerprint density at radius 2 is 1.05 bits per heavy atom. The smallest absolute Gasteiger partial charge is 0.408 e. The van der Waals surface area contributed by atoms with Gasteiger partial charge in [-0.1, -0.05) is 95.2 Å². The van der Waals surface area contributed by atoms with Crippen LogP contribution in [0.1, 0.15) is 113 Å². The molecule has 0 aliphatic carbocycles. The normalized spacial score (nSPS) is 13.2. The zero-order valence-electron chi connectivity index (χ0n) is 39.1. The lowest BCUT2D eigenvalue weighted by Crippen LogP contribution is -2.50. The Balaban J connectivity index is 0.000000331. The second kappa shape index (κ2) is 20.1. The van der Waals surface area contributed by atoms with Crippen LogP contribution >= 0.6 is 0 Å². The zero-order valence-corrected chi connectivity index (χ0v) is 39.1. The van der Waals surface area contributed by atoms with Gasteiger partial charge in [0, 0.05) is 61.8 Å². The first-order valence-electron chi connectivity index (χ1n) is 20.5. The van der Waals surface area contributed by atoms with E-state index in [-0.39, 0.29) is 28.4 Å². The molecule has 0 aliphatic rings. The number of rotatable bonds is 10. The third-order valence-corrected chi connectivity index (χ3v) is 8.99. The van der Waals surface area contributed by atoms with Gasteiger partial charge in [0.1, 0.15) is 28.7 Å². The van der Waals surface area contributed by atoms with Gasteiger partial charge in [0.15, 0.2) is 5.84 Å². The van der Waals surface area contributed by atoms with Crippen LogP contribution in [0.2, 0.25) is 0 Å². The number of aryl methyl sites for hydroxylation is 2. The molecule has 0 saturated heterocycles. The van der Waals surface area contributed by atoms with E-state index in [1.54, 1.807) is 41.5 Å². The second-order valence-corrected chi connectivity index (χ2v) is 19.4.